The summed E-state index contributed by atoms with van der Waals surface area (Å²) in [6.07, 6.45) is -15.1. The SMILES string of the molecule is CCC1O[C@@H](OC2C(O)[C@@H](O[C@H]3C(CO)O[C@@H](CC)[C@H](C)C3O)O[C@H](CC)[C@H]2O)[C@H](O)C(O)[C@H]1O. The maximum atomic E-state index is 11.0. The molecule has 6 unspecified atom stereocenters. The van der Waals surface area contributed by atoms with Gasteiger partial charge in [-0.3, -0.25) is 0 Å². The maximum absolute atomic E-state index is 11.0. The predicted molar refractivity (Wildman–Crippen MR) is 119 cm³/mol. The zero-order valence-electron chi connectivity index (χ0n) is 20.7. The molecule has 15 atom stereocenters. The van der Waals surface area contributed by atoms with Gasteiger partial charge in [0.25, 0.3) is 0 Å². The van der Waals surface area contributed by atoms with Crippen LogP contribution in [0.5, 0.6) is 0 Å². The van der Waals surface area contributed by atoms with Gasteiger partial charge in [-0.05, 0) is 19.3 Å². The average molecular weight is 511 g/mol. The Morgan fingerprint density at radius 2 is 1.06 bits per heavy atom. The van der Waals surface area contributed by atoms with Gasteiger partial charge in [0.1, 0.15) is 48.8 Å². The highest BCUT2D eigenvalue weighted by Gasteiger charge is 2.52. The summed E-state index contributed by atoms with van der Waals surface area (Å²) in [7, 11) is 0. The molecule has 0 amide bonds. The number of rotatable bonds is 8. The van der Waals surface area contributed by atoms with E-state index in [0.717, 1.165) is 0 Å². The van der Waals surface area contributed by atoms with Gasteiger partial charge in [0.05, 0.1) is 31.0 Å². The number of hydrogen-bond donors (Lipinski definition) is 7. The van der Waals surface area contributed by atoms with Crippen molar-refractivity contribution in [1.82, 2.24) is 0 Å². The smallest absolute Gasteiger partial charge is 0.187 e. The van der Waals surface area contributed by atoms with Crippen molar-refractivity contribution in [3.8, 4) is 0 Å². The van der Waals surface area contributed by atoms with Crippen LogP contribution in [-0.4, -0.2) is 128 Å². The lowest BCUT2D eigenvalue weighted by Crippen LogP contribution is -2.65. The first-order valence-corrected chi connectivity index (χ1v) is 12.6. The standard InChI is InChI=1S/C23H42O12/c1-5-10-9(4)14(25)20(13(8-24)31-10)34-23-19(30)21(16(27)12(7-3)33-23)35-22-18(29)17(28)15(26)11(6-2)32-22/h9-30H,5-8H2,1-4H3/t9-,10-,11?,12+,13?,14?,15-,16+,17?,18+,19?,20-,21?,22-,23+/m0/s1. The van der Waals surface area contributed by atoms with Crippen molar-refractivity contribution < 1.29 is 59.4 Å². The second kappa shape index (κ2) is 12.4. The van der Waals surface area contributed by atoms with E-state index in [0.29, 0.717) is 19.3 Å². The molecule has 0 radical (unpaired) electrons. The Morgan fingerprint density at radius 1 is 0.543 bits per heavy atom. The molecule has 3 fully saturated rings. The van der Waals surface area contributed by atoms with Crippen LogP contribution < -0.4 is 0 Å². The highest BCUT2D eigenvalue weighted by molar-refractivity contribution is 4.96. The summed E-state index contributed by atoms with van der Waals surface area (Å²) in [5, 5.41) is 73.2. The molecule has 3 rings (SSSR count). The minimum Gasteiger partial charge on any atom is -0.394 e. The molecule has 3 aliphatic heterocycles. The zero-order valence-corrected chi connectivity index (χ0v) is 20.7. The Labute approximate surface area is 205 Å². The molecule has 0 spiro atoms. The molecule has 3 heterocycles. The fourth-order valence-corrected chi connectivity index (χ4v) is 5.14. The predicted octanol–water partition coefficient (Wildman–Crippen LogP) is -2.00. The van der Waals surface area contributed by atoms with Crippen LogP contribution in [0.25, 0.3) is 0 Å². The van der Waals surface area contributed by atoms with Gasteiger partial charge in [-0.1, -0.05) is 27.7 Å². The van der Waals surface area contributed by atoms with Crippen molar-refractivity contribution in [1.29, 1.82) is 0 Å². The normalized spacial score (nSPS) is 51.3. The first-order chi connectivity index (χ1) is 16.6. The van der Waals surface area contributed by atoms with E-state index in [2.05, 4.69) is 0 Å². The second-order valence-electron chi connectivity index (χ2n) is 9.71. The topological polar surface area (TPSA) is 188 Å². The summed E-state index contributed by atoms with van der Waals surface area (Å²) < 4.78 is 29.0. The first kappa shape index (κ1) is 29.1. The number of aliphatic hydroxyl groups excluding tert-OH is 7. The summed E-state index contributed by atoms with van der Waals surface area (Å²) in [6, 6.07) is 0. The van der Waals surface area contributed by atoms with E-state index in [1.165, 1.54) is 0 Å². The molecule has 7 N–H and O–H groups in total. The molecule has 12 heteroatoms. The number of hydrogen-bond acceptors (Lipinski definition) is 12. The molecule has 0 aromatic rings. The Balaban J connectivity index is 1.78. The Morgan fingerprint density at radius 3 is 1.60 bits per heavy atom. The van der Waals surface area contributed by atoms with E-state index in [4.69, 9.17) is 23.7 Å². The molecule has 35 heavy (non-hydrogen) atoms. The van der Waals surface area contributed by atoms with Gasteiger partial charge in [0, 0.05) is 5.92 Å². The zero-order chi connectivity index (χ0) is 26.0. The summed E-state index contributed by atoms with van der Waals surface area (Å²) >= 11 is 0. The van der Waals surface area contributed by atoms with Gasteiger partial charge in [-0.15, -0.1) is 0 Å². The Hall–Kier alpha value is -0.480. The van der Waals surface area contributed by atoms with Crippen molar-refractivity contribution in [3.05, 3.63) is 0 Å². The maximum Gasteiger partial charge on any atom is 0.187 e. The third-order valence-corrected chi connectivity index (χ3v) is 7.46. The lowest BCUT2D eigenvalue weighted by Gasteiger charge is -2.48. The highest BCUT2D eigenvalue weighted by Crippen LogP contribution is 2.35. The van der Waals surface area contributed by atoms with Gasteiger partial charge >= 0.3 is 0 Å². The molecular weight excluding hydrogens is 468 g/mol. The van der Waals surface area contributed by atoms with Crippen LogP contribution in [-0.2, 0) is 23.7 Å². The largest absolute Gasteiger partial charge is 0.394 e. The van der Waals surface area contributed by atoms with Crippen molar-refractivity contribution in [3.63, 3.8) is 0 Å². The van der Waals surface area contributed by atoms with Crippen LogP contribution in [0.3, 0.4) is 0 Å². The van der Waals surface area contributed by atoms with Crippen LogP contribution in [0.1, 0.15) is 47.0 Å². The monoisotopic (exact) mass is 510 g/mol. The van der Waals surface area contributed by atoms with Gasteiger partial charge in [-0.2, -0.15) is 0 Å². The number of aliphatic hydroxyl groups is 7. The molecule has 0 bridgehead atoms. The van der Waals surface area contributed by atoms with Gasteiger partial charge in [-0.25, -0.2) is 0 Å². The fourth-order valence-electron chi connectivity index (χ4n) is 5.14. The molecule has 206 valence electrons. The van der Waals surface area contributed by atoms with E-state index < -0.39 is 86.3 Å². The van der Waals surface area contributed by atoms with E-state index in [9.17, 15) is 35.7 Å². The van der Waals surface area contributed by atoms with E-state index >= 15 is 0 Å². The summed E-state index contributed by atoms with van der Waals surface area (Å²) in [4.78, 5) is 0. The van der Waals surface area contributed by atoms with Crippen molar-refractivity contribution in [2.75, 3.05) is 6.61 Å². The Bertz CT molecular complexity index is 650. The number of ether oxygens (including phenoxy) is 5. The highest BCUT2D eigenvalue weighted by atomic mass is 16.7. The average Bonchev–Trinajstić information content (AvgIpc) is 2.86. The molecule has 0 saturated carbocycles. The van der Waals surface area contributed by atoms with Gasteiger partial charge in [0.2, 0.25) is 0 Å². The molecular formula is C23H42O12. The van der Waals surface area contributed by atoms with Crippen LogP contribution in [0.4, 0.5) is 0 Å². The van der Waals surface area contributed by atoms with Crippen molar-refractivity contribution in [2.45, 2.75) is 133 Å². The quantitative estimate of drug-likeness (QED) is 0.191. The summed E-state index contributed by atoms with van der Waals surface area (Å²) in [5.41, 5.74) is 0. The molecule has 12 nitrogen and oxygen atoms in total. The molecule has 0 aromatic carbocycles. The van der Waals surface area contributed by atoms with E-state index in [1.54, 1.807) is 20.8 Å². The van der Waals surface area contributed by atoms with Crippen LogP contribution in [0.2, 0.25) is 0 Å². The van der Waals surface area contributed by atoms with Gasteiger partial charge in [0.15, 0.2) is 12.6 Å². The van der Waals surface area contributed by atoms with Gasteiger partial charge < -0.3 is 59.4 Å². The lowest BCUT2D eigenvalue weighted by molar-refractivity contribution is -0.370. The third kappa shape index (κ3) is 5.84. The first-order valence-electron chi connectivity index (χ1n) is 12.6. The van der Waals surface area contributed by atoms with Crippen LogP contribution >= 0.6 is 0 Å². The fraction of sp³-hybridized carbons (Fsp3) is 1.00. The van der Waals surface area contributed by atoms with Crippen molar-refractivity contribution >= 4 is 0 Å². The minimum atomic E-state index is -1.63. The molecule has 3 saturated heterocycles. The second-order valence-corrected chi connectivity index (χ2v) is 9.71. The lowest BCUT2D eigenvalue weighted by atomic mass is 9.86. The third-order valence-electron chi connectivity index (χ3n) is 7.46. The minimum absolute atomic E-state index is 0.279. The van der Waals surface area contributed by atoms with Crippen LogP contribution in [0, 0.1) is 5.92 Å². The molecule has 3 aliphatic rings. The molecule has 0 aliphatic carbocycles. The summed E-state index contributed by atoms with van der Waals surface area (Å²) in [6.45, 7) is 6.77. The molecule has 0 aromatic heterocycles. The van der Waals surface area contributed by atoms with E-state index in [1.807, 2.05) is 6.92 Å². The summed E-state index contributed by atoms with van der Waals surface area (Å²) in [5.74, 6) is -0.308. The van der Waals surface area contributed by atoms with Crippen LogP contribution in [0.15, 0.2) is 0 Å². The van der Waals surface area contributed by atoms with Crippen molar-refractivity contribution in [2.24, 2.45) is 5.92 Å². The Kier molecular flexibility index (Phi) is 10.3. The van der Waals surface area contributed by atoms with E-state index in [-0.39, 0.29) is 12.0 Å².